The second-order valence-corrected chi connectivity index (χ2v) is 3.06. The number of hydrogen-bond acceptors (Lipinski definition) is 3. The molecule has 0 saturated carbocycles. The first-order chi connectivity index (χ1) is 6.89. The van der Waals surface area contributed by atoms with Crippen LogP contribution >= 0.6 is 0 Å². The van der Waals surface area contributed by atoms with Crippen LogP contribution in [0.4, 0.5) is 13.2 Å². The van der Waals surface area contributed by atoms with Crippen molar-refractivity contribution in [2.75, 3.05) is 0 Å². The second kappa shape index (κ2) is 2.96. The zero-order valence-electron chi connectivity index (χ0n) is 7.21. The smallest absolute Gasteiger partial charge is 0.416 e. The molecule has 80 valence electrons. The first-order valence-electron chi connectivity index (χ1n) is 4.00. The Morgan fingerprint density at radius 3 is 2.60 bits per heavy atom. The van der Waals surface area contributed by atoms with Gasteiger partial charge in [0.05, 0.1) is 11.1 Å². The van der Waals surface area contributed by atoms with Gasteiger partial charge in [0.15, 0.2) is 0 Å². The van der Waals surface area contributed by atoms with Crippen LogP contribution in [0.2, 0.25) is 0 Å². The predicted molar refractivity (Wildman–Crippen MR) is 41.8 cm³/mol. The number of hydrogen-bond donors (Lipinski definition) is 1. The van der Waals surface area contributed by atoms with E-state index in [1.165, 1.54) is 0 Å². The Balaban J connectivity index is 2.52. The van der Waals surface area contributed by atoms with E-state index in [-0.39, 0.29) is 11.1 Å². The molecular formula is C9H5F3O3. The molecular weight excluding hydrogens is 213 g/mol. The Labute approximate surface area is 82.1 Å². The molecule has 1 atom stereocenters. The van der Waals surface area contributed by atoms with Gasteiger partial charge in [-0.1, -0.05) is 6.07 Å². The van der Waals surface area contributed by atoms with Crippen LogP contribution in [0.15, 0.2) is 18.2 Å². The van der Waals surface area contributed by atoms with E-state index in [0.29, 0.717) is 6.07 Å². The fourth-order valence-corrected chi connectivity index (χ4v) is 1.35. The Morgan fingerprint density at radius 1 is 1.33 bits per heavy atom. The monoisotopic (exact) mass is 218 g/mol. The summed E-state index contributed by atoms with van der Waals surface area (Å²) in [5.41, 5.74) is -1.11. The van der Waals surface area contributed by atoms with Crippen LogP contribution in [0.5, 0.6) is 0 Å². The SMILES string of the molecule is O=C1OC(O)c2ccc(C(F)(F)F)cc21. The van der Waals surface area contributed by atoms with Crippen LogP contribution in [0, 0.1) is 0 Å². The van der Waals surface area contributed by atoms with E-state index in [1.54, 1.807) is 0 Å². The van der Waals surface area contributed by atoms with Gasteiger partial charge in [-0.2, -0.15) is 13.2 Å². The van der Waals surface area contributed by atoms with Crippen LogP contribution in [0.1, 0.15) is 27.8 Å². The average molecular weight is 218 g/mol. The molecule has 0 spiro atoms. The summed E-state index contributed by atoms with van der Waals surface area (Å²) in [4.78, 5) is 11.0. The highest BCUT2D eigenvalue weighted by Crippen LogP contribution is 2.35. The Kier molecular flexibility index (Phi) is 1.97. The predicted octanol–water partition coefficient (Wildman–Crippen LogP) is 1.87. The lowest BCUT2D eigenvalue weighted by Gasteiger charge is -2.07. The highest BCUT2D eigenvalue weighted by molar-refractivity contribution is 5.94. The number of carbonyl (C=O) groups excluding carboxylic acids is 1. The molecule has 1 aliphatic rings. The number of esters is 1. The van der Waals surface area contributed by atoms with Gasteiger partial charge in [0, 0.05) is 5.56 Å². The van der Waals surface area contributed by atoms with Crippen molar-refractivity contribution in [3.8, 4) is 0 Å². The molecule has 6 heteroatoms. The van der Waals surface area contributed by atoms with Gasteiger partial charge in [-0.05, 0) is 12.1 Å². The Hall–Kier alpha value is -1.56. The van der Waals surface area contributed by atoms with E-state index in [2.05, 4.69) is 4.74 Å². The fraction of sp³-hybridized carbons (Fsp3) is 0.222. The number of benzene rings is 1. The number of rotatable bonds is 0. The van der Waals surface area contributed by atoms with E-state index in [4.69, 9.17) is 5.11 Å². The minimum absolute atomic E-state index is 0.0630. The molecule has 1 N–H and O–H groups in total. The minimum Gasteiger partial charge on any atom is -0.428 e. The normalized spacial score (nSPS) is 20.0. The highest BCUT2D eigenvalue weighted by Gasteiger charge is 2.35. The maximum Gasteiger partial charge on any atom is 0.416 e. The third-order valence-electron chi connectivity index (χ3n) is 2.09. The summed E-state index contributed by atoms with van der Waals surface area (Å²) < 4.78 is 41.1. The molecule has 3 nitrogen and oxygen atoms in total. The maximum atomic E-state index is 12.3. The lowest BCUT2D eigenvalue weighted by molar-refractivity contribution is -0.137. The van der Waals surface area contributed by atoms with E-state index >= 15 is 0 Å². The number of halogens is 3. The fourth-order valence-electron chi connectivity index (χ4n) is 1.35. The van der Waals surface area contributed by atoms with Crippen molar-refractivity contribution in [2.45, 2.75) is 12.5 Å². The van der Waals surface area contributed by atoms with E-state index in [9.17, 15) is 18.0 Å². The molecule has 1 heterocycles. The van der Waals surface area contributed by atoms with Gasteiger partial charge in [0.2, 0.25) is 6.29 Å². The molecule has 0 bridgehead atoms. The van der Waals surface area contributed by atoms with Crippen LogP contribution in [0.25, 0.3) is 0 Å². The first kappa shape index (κ1) is 9.97. The van der Waals surface area contributed by atoms with Crippen LogP contribution in [-0.2, 0) is 10.9 Å². The van der Waals surface area contributed by atoms with E-state index < -0.39 is 24.0 Å². The summed E-state index contributed by atoms with van der Waals surface area (Å²) in [6.07, 6.45) is -5.97. The van der Waals surface area contributed by atoms with Crippen molar-refractivity contribution in [3.05, 3.63) is 34.9 Å². The van der Waals surface area contributed by atoms with Gasteiger partial charge in [0.25, 0.3) is 0 Å². The second-order valence-electron chi connectivity index (χ2n) is 3.06. The number of cyclic esters (lactones) is 1. The van der Waals surface area contributed by atoms with E-state index in [0.717, 1.165) is 12.1 Å². The van der Waals surface area contributed by atoms with Crippen molar-refractivity contribution < 1.29 is 27.8 Å². The molecule has 1 unspecified atom stereocenters. The van der Waals surface area contributed by atoms with Crippen LogP contribution < -0.4 is 0 Å². The van der Waals surface area contributed by atoms with Crippen molar-refractivity contribution >= 4 is 5.97 Å². The molecule has 0 saturated heterocycles. The molecule has 0 radical (unpaired) electrons. The van der Waals surface area contributed by atoms with Crippen molar-refractivity contribution in [3.63, 3.8) is 0 Å². The zero-order chi connectivity index (χ0) is 11.2. The number of alkyl halides is 3. The number of aliphatic hydroxyl groups excluding tert-OH is 1. The average Bonchev–Trinajstić information content (AvgIpc) is 2.41. The molecule has 0 aliphatic carbocycles. The van der Waals surface area contributed by atoms with Crippen LogP contribution in [0.3, 0.4) is 0 Å². The first-order valence-corrected chi connectivity index (χ1v) is 4.00. The lowest BCUT2D eigenvalue weighted by Crippen LogP contribution is -2.06. The van der Waals surface area contributed by atoms with Gasteiger partial charge in [-0.3, -0.25) is 0 Å². The van der Waals surface area contributed by atoms with Crippen LogP contribution in [-0.4, -0.2) is 11.1 Å². The summed E-state index contributed by atoms with van der Waals surface area (Å²) in [5, 5.41) is 9.12. The Bertz CT molecular complexity index is 425. The van der Waals surface area contributed by atoms with Gasteiger partial charge in [0.1, 0.15) is 0 Å². The third kappa shape index (κ3) is 1.56. The molecule has 1 aliphatic heterocycles. The van der Waals surface area contributed by atoms with Gasteiger partial charge >= 0.3 is 12.1 Å². The van der Waals surface area contributed by atoms with Crippen molar-refractivity contribution in [2.24, 2.45) is 0 Å². The lowest BCUT2D eigenvalue weighted by atomic mass is 10.1. The Morgan fingerprint density at radius 2 is 2.00 bits per heavy atom. The molecule has 0 fully saturated rings. The molecule has 0 amide bonds. The van der Waals surface area contributed by atoms with Gasteiger partial charge in [-0.25, -0.2) is 4.79 Å². The van der Waals surface area contributed by atoms with E-state index in [1.807, 2.05) is 0 Å². The number of ether oxygens (including phenoxy) is 1. The summed E-state index contributed by atoms with van der Waals surface area (Å²) in [5.74, 6) is -0.941. The highest BCUT2D eigenvalue weighted by atomic mass is 19.4. The third-order valence-corrected chi connectivity index (χ3v) is 2.09. The standard InChI is InChI=1S/C9H5F3O3/c10-9(11,12)4-1-2-5-6(3-4)8(14)15-7(5)13/h1-3,7,13H. The van der Waals surface area contributed by atoms with Crippen molar-refractivity contribution in [1.82, 2.24) is 0 Å². The topological polar surface area (TPSA) is 46.5 Å². The largest absolute Gasteiger partial charge is 0.428 e. The van der Waals surface area contributed by atoms with Gasteiger partial charge in [-0.15, -0.1) is 0 Å². The number of aliphatic hydroxyl groups is 1. The number of carbonyl (C=O) groups is 1. The molecule has 0 aromatic heterocycles. The zero-order valence-corrected chi connectivity index (χ0v) is 7.21. The molecule has 1 aromatic rings. The molecule has 15 heavy (non-hydrogen) atoms. The number of fused-ring (bicyclic) bond motifs is 1. The molecule has 1 aromatic carbocycles. The quantitative estimate of drug-likeness (QED) is 0.676. The summed E-state index contributed by atoms with van der Waals surface area (Å²) in [7, 11) is 0. The summed E-state index contributed by atoms with van der Waals surface area (Å²) >= 11 is 0. The summed E-state index contributed by atoms with van der Waals surface area (Å²) in [6.45, 7) is 0. The minimum atomic E-state index is -4.51. The summed E-state index contributed by atoms with van der Waals surface area (Å²) in [6, 6.07) is 2.51. The van der Waals surface area contributed by atoms with Crippen molar-refractivity contribution in [1.29, 1.82) is 0 Å². The molecule has 2 rings (SSSR count). The van der Waals surface area contributed by atoms with Gasteiger partial charge < -0.3 is 9.84 Å². The maximum absolute atomic E-state index is 12.3.